The molecule has 10 atom stereocenters. The molecule has 0 aromatic heterocycles. The van der Waals surface area contributed by atoms with Crippen LogP contribution in [0.3, 0.4) is 0 Å². The van der Waals surface area contributed by atoms with E-state index < -0.39 is 5.97 Å². The Morgan fingerprint density at radius 3 is 2.48 bits per heavy atom. The number of rotatable bonds is 5. The van der Waals surface area contributed by atoms with E-state index >= 15 is 0 Å². The second-order valence-electron chi connectivity index (χ2n) is 11.8. The number of carboxylic acids is 1. The highest BCUT2D eigenvalue weighted by atomic mass is 16.4. The van der Waals surface area contributed by atoms with Gasteiger partial charge in [0, 0.05) is 30.6 Å². The molecule has 31 heavy (non-hydrogen) atoms. The maximum atomic E-state index is 13.9. The van der Waals surface area contributed by atoms with Crippen molar-refractivity contribution >= 4 is 17.5 Å². The number of carbonyl (C=O) groups is 3. The molecule has 4 saturated carbocycles. The lowest BCUT2D eigenvalue weighted by molar-refractivity contribution is -0.179. The molecule has 4 fully saturated rings. The molecule has 2 N–H and O–H groups in total. The van der Waals surface area contributed by atoms with Crippen LogP contribution < -0.4 is 0 Å². The van der Waals surface area contributed by atoms with Gasteiger partial charge in [-0.3, -0.25) is 14.4 Å². The molecule has 174 valence electrons. The first kappa shape index (κ1) is 22.9. The number of carboxylic acid groups (broad SMARTS) is 1. The number of aliphatic hydroxyl groups is 1. The molecule has 0 bridgehead atoms. The lowest BCUT2D eigenvalue weighted by Gasteiger charge is -2.61. The SMILES string of the molecule is CC[C@H]1C(=O)C2C3CC[C@H]([C@H](C)CCC(=O)O)[C@@]3(C)CC(=O)C2[C@@]2(C)CC[C@@H](O)C[C@@H]12. The number of hydrogen-bond donors (Lipinski definition) is 2. The second kappa shape index (κ2) is 7.97. The van der Waals surface area contributed by atoms with Crippen LogP contribution in [0.4, 0.5) is 0 Å². The first-order valence-electron chi connectivity index (χ1n) is 12.5. The highest BCUT2D eigenvalue weighted by molar-refractivity contribution is 5.95. The Morgan fingerprint density at radius 2 is 1.84 bits per heavy atom. The van der Waals surface area contributed by atoms with Crippen molar-refractivity contribution in [3.63, 3.8) is 0 Å². The Balaban J connectivity index is 1.68. The minimum absolute atomic E-state index is 0.0557. The Bertz CT molecular complexity index is 761. The Kier molecular flexibility index (Phi) is 5.90. The van der Waals surface area contributed by atoms with Crippen molar-refractivity contribution < 1.29 is 24.6 Å². The number of aliphatic hydroxyl groups excluding tert-OH is 1. The van der Waals surface area contributed by atoms with E-state index in [9.17, 15) is 19.5 Å². The van der Waals surface area contributed by atoms with Crippen LogP contribution in [0, 0.1) is 52.3 Å². The van der Waals surface area contributed by atoms with E-state index in [4.69, 9.17) is 5.11 Å². The van der Waals surface area contributed by atoms with Crippen molar-refractivity contribution in [2.45, 2.75) is 91.6 Å². The molecule has 5 heteroatoms. The minimum Gasteiger partial charge on any atom is -0.481 e. The van der Waals surface area contributed by atoms with E-state index in [2.05, 4.69) is 27.7 Å². The summed E-state index contributed by atoms with van der Waals surface area (Å²) in [6, 6.07) is 0. The van der Waals surface area contributed by atoms with Crippen LogP contribution in [0.5, 0.6) is 0 Å². The lowest BCUT2D eigenvalue weighted by Crippen LogP contribution is -2.63. The monoisotopic (exact) mass is 432 g/mol. The molecule has 0 aromatic rings. The third-order valence-electron chi connectivity index (χ3n) is 10.4. The van der Waals surface area contributed by atoms with Gasteiger partial charge >= 0.3 is 5.97 Å². The third-order valence-corrected chi connectivity index (χ3v) is 10.4. The lowest BCUT2D eigenvalue weighted by atomic mass is 9.41. The maximum Gasteiger partial charge on any atom is 0.303 e. The molecular formula is C26H40O5. The minimum atomic E-state index is -0.766. The topological polar surface area (TPSA) is 91.7 Å². The molecule has 5 nitrogen and oxygen atoms in total. The van der Waals surface area contributed by atoms with Crippen molar-refractivity contribution in [1.29, 1.82) is 0 Å². The van der Waals surface area contributed by atoms with Gasteiger partial charge in [0.05, 0.1) is 6.10 Å². The molecule has 4 aliphatic rings. The highest BCUT2D eigenvalue weighted by Gasteiger charge is 2.67. The molecule has 0 saturated heterocycles. The zero-order valence-corrected chi connectivity index (χ0v) is 19.6. The summed E-state index contributed by atoms with van der Waals surface area (Å²) in [5, 5.41) is 19.5. The van der Waals surface area contributed by atoms with Crippen LogP contribution in [0.15, 0.2) is 0 Å². The summed E-state index contributed by atoms with van der Waals surface area (Å²) >= 11 is 0. The number of Topliss-reactive ketones (excluding diaryl/α,β-unsaturated/α-hetero) is 2. The summed E-state index contributed by atoms with van der Waals surface area (Å²) in [7, 11) is 0. The molecule has 0 heterocycles. The maximum absolute atomic E-state index is 13.9. The van der Waals surface area contributed by atoms with Crippen LogP contribution in [-0.2, 0) is 14.4 Å². The van der Waals surface area contributed by atoms with Gasteiger partial charge in [-0.25, -0.2) is 0 Å². The van der Waals surface area contributed by atoms with Gasteiger partial charge in [-0.15, -0.1) is 0 Å². The molecule has 0 amide bonds. The van der Waals surface area contributed by atoms with Gasteiger partial charge in [-0.1, -0.05) is 27.7 Å². The summed E-state index contributed by atoms with van der Waals surface area (Å²) in [5.74, 6) is 0.194. The molecule has 0 aliphatic heterocycles. The van der Waals surface area contributed by atoms with E-state index in [-0.39, 0.29) is 70.4 Å². The second-order valence-corrected chi connectivity index (χ2v) is 11.8. The van der Waals surface area contributed by atoms with Gasteiger partial charge in [0.1, 0.15) is 11.6 Å². The Hall–Kier alpha value is -1.23. The predicted molar refractivity (Wildman–Crippen MR) is 117 cm³/mol. The average molecular weight is 433 g/mol. The van der Waals surface area contributed by atoms with Crippen LogP contribution in [-0.4, -0.2) is 33.9 Å². The summed E-state index contributed by atoms with van der Waals surface area (Å²) in [6.45, 7) is 8.67. The zero-order valence-electron chi connectivity index (χ0n) is 19.6. The van der Waals surface area contributed by atoms with Gasteiger partial charge in [0.25, 0.3) is 0 Å². The smallest absolute Gasteiger partial charge is 0.303 e. The van der Waals surface area contributed by atoms with Crippen LogP contribution in [0.25, 0.3) is 0 Å². The Labute approximate surface area is 186 Å². The van der Waals surface area contributed by atoms with Crippen molar-refractivity contribution in [1.82, 2.24) is 0 Å². The molecule has 0 aromatic carbocycles. The quantitative estimate of drug-likeness (QED) is 0.667. The van der Waals surface area contributed by atoms with Crippen molar-refractivity contribution in [3.8, 4) is 0 Å². The molecule has 0 spiro atoms. The van der Waals surface area contributed by atoms with Crippen molar-refractivity contribution in [2.75, 3.05) is 0 Å². The summed E-state index contributed by atoms with van der Waals surface area (Å²) in [6.07, 6.45) is 5.91. The van der Waals surface area contributed by atoms with E-state index in [0.717, 1.165) is 32.1 Å². The molecule has 0 radical (unpaired) electrons. The number of fused-ring (bicyclic) bond motifs is 5. The molecule has 3 unspecified atom stereocenters. The van der Waals surface area contributed by atoms with Gasteiger partial charge in [-0.2, -0.15) is 0 Å². The first-order chi connectivity index (χ1) is 14.5. The van der Waals surface area contributed by atoms with Crippen molar-refractivity contribution in [2.24, 2.45) is 52.3 Å². The molecule has 4 rings (SSSR count). The van der Waals surface area contributed by atoms with Gasteiger partial charge in [-0.05, 0) is 79.4 Å². The normalized spacial score (nSPS) is 48.0. The van der Waals surface area contributed by atoms with E-state index in [1.54, 1.807) is 0 Å². The zero-order chi connectivity index (χ0) is 22.7. The highest BCUT2D eigenvalue weighted by Crippen LogP contribution is 2.67. The van der Waals surface area contributed by atoms with E-state index in [1.807, 2.05) is 0 Å². The van der Waals surface area contributed by atoms with Gasteiger partial charge in [0.2, 0.25) is 0 Å². The number of aliphatic carboxylic acids is 1. The molecule has 4 aliphatic carbocycles. The predicted octanol–water partition coefficient (Wildman–Crippen LogP) is 4.50. The Morgan fingerprint density at radius 1 is 1.13 bits per heavy atom. The van der Waals surface area contributed by atoms with Crippen LogP contribution in [0.2, 0.25) is 0 Å². The first-order valence-corrected chi connectivity index (χ1v) is 12.5. The van der Waals surface area contributed by atoms with Crippen molar-refractivity contribution in [3.05, 3.63) is 0 Å². The number of ketones is 2. The summed E-state index contributed by atoms with van der Waals surface area (Å²) in [5.41, 5.74) is -0.397. The van der Waals surface area contributed by atoms with E-state index in [1.165, 1.54) is 0 Å². The fourth-order valence-corrected chi connectivity index (χ4v) is 8.98. The standard InChI is InChI=1S/C26H40O5/c1-5-16-19-12-15(27)10-11-25(19,3)23-20(28)13-26(4)17(14(2)6-9-21(29)30)7-8-18(26)22(23)24(16)31/h14-19,22-23,27H,5-13H2,1-4H3,(H,29,30)/t14-,15-,16-,17-,18?,19+,22?,23?,25+,26-/m1/s1. The number of carbonyl (C=O) groups excluding carboxylic acids is 2. The van der Waals surface area contributed by atoms with Crippen LogP contribution in [0.1, 0.15) is 85.5 Å². The van der Waals surface area contributed by atoms with Crippen LogP contribution >= 0.6 is 0 Å². The fourth-order valence-electron chi connectivity index (χ4n) is 8.98. The summed E-state index contributed by atoms with van der Waals surface area (Å²) in [4.78, 5) is 38.8. The fraction of sp³-hybridized carbons (Fsp3) is 0.885. The number of hydrogen-bond acceptors (Lipinski definition) is 4. The van der Waals surface area contributed by atoms with Gasteiger partial charge < -0.3 is 10.2 Å². The molecular weight excluding hydrogens is 392 g/mol. The van der Waals surface area contributed by atoms with E-state index in [0.29, 0.717) is 25.2 Å². The van der Waals surface area contributed by atoms with Gasteiger partial charge in [0.15, 0.2) is 0 Å². The largest absolute Gasteiger partial charge is 0.481 e. The average Bonchev–Trinajstić information content (AvgIpc) is 3.04. The third kappa shape index (κ3) is 3.41. The summed E-state index contributed by atoms with van der Waals surface area (Å²) < 4.78 is 0.